The number of rotatable bonds is 3. The molecule has 1 N–H and O–H groups in total. The molecule has 3 rings (SSSR count). The summed E-state index contributed by atoms with van der Waals surface area (Å²) in [7, 11) is 3.30. The molecular weight excluding hydrogens is 420 g/mol. The third-order valence-electron chi connectivity index (χ3n) is 3.97. The minimum atomic E-state index is -0.377. The molecule has 7 heteroatoms. The quantitative estimate of drug-likeness (QED) is 0.622. The van der Waals surface area contributed by atoms with Crippen molar-refractivity contribution in [2.75, 3.05) is 19.4 Å². The van der Waals surface area contributed by atoms with Gasteiger partial charge in [-0.3, -0.25) is 9.59 Å². The van der Waals surface area contributed by atoms with E-state index in [1.165, 1.54) is 4.90 Å². The highest BCUT2D eigenvalue weighted by atomic mass is 79.9. The van der Waals surface area contributed by atoms with Crippen molar-refractivity contribution in [1.82, 2.24) is 4.90 Å². The van der Waals surface area contributed by atoms with Gasteiger partial charge >= 0.3 is 0 Å². The second-order valence-corrected chi connectivity index (χ2v) is 7.37. The molecule has 0 aliphatic carbocycles. The average molecular weight is 436 g/mol. The Morgan fingerprint density at radius 2 is 1.88 bits per heavy atom. The Bertz CT molecular complexity index is 1030. The van der Waals surface area contributed by atoms with Gasteiger partial charge < -0.3 is 14.6 Å². The van der Waals surface area contributed by atoms with Crippen LogP contribution in [0.5, 0.6) is 0 Å². The van der Waals surface area contributed by atoms with Gasteiger partial charge in [0, 0.05) is 35.2 Å². The number of halogens is 2. The number of amides is 2. The van der Waals surface area contributed by atoms with Gasteiger partial charge in [-0.25, -0.2) is 0 Å². The summed E-state index contributed by atoms with van der Waals surface area (Å²) in [5.41, 5.74) is 2.25. The smallest absolute Gasteiger partial charge is 0.291 e. The topological polar surface area (TPSA) is 62.6 Å². The Morgan fingerprint density at radius 1 is 1.15 bits per heavy atom. The number of benzene rings is 2. The minimum absolute atomic E-state index is 0.202. The van der Waals surface area contributed by atoms with Crippen molar-refractivity contribution < 1.29 is 14.0 Å². The molecule has 0 aliphatic rings. The van der Waals surface area contributed by atoms with E-state index in [-0.39, 0.29) is 22.6 Å². The minimum Gasteiger partial charge on any atom is -0.451 e. The SMILES string of the molecule is Cc1c(C(=O)Nc2ccc(C(=O)N(C)C)c(Cl)c2)oc2ccc(Br)cc12. The molecule has 0 aliphatic heterocycles. The average Bonchev–Trinajstić information content (AvgIpc) is 2.91. The first kappa shape index (κ1) is 18.5. The summed E-state index contributed by atoms with van der Waals surface area (Å²) >= 11 is 9.60. The fourth-order valence-electron chi connectivity index (χ4n) is 2.60. The van der Waals surface area contributed by atoms with Crippen LogP contribution < -0.4 is 5.32 Å². The van der Waals surface area contributed by atoms with E-state index in [2.05, 4.69) is 21.2 Å². The molecule has 0 radical (unpaired) electrons. The highest BCUT2D eigenvalue weighted by Gasteiger charge is 2.19. The maximum Gasteiger partial charge on any atom is 0.291 e. The molecule has 3 aromatic rings. The first-order valence-electron chi connectivity index (χ1n) is 7.79. The third kappa shape index (κ3) is 3.48. The van der Waals surface area contributed by atoms with Gasteiger partial charge in [-0.15, -0.1) is 0 Å². The number of fused-ring (bicyclic) bond motifs is 1. The predicted octanol–water partition coefficient (Wildman–Crippen LogP) is 5.11. The Labute approximate surface area is 164 Å². The van der Waals surface area contributed by atoms with Crippen LogP contribution in [0, 0.1) is 6.92 Å². The summed E-state index contributed by atoms with van der Waals surface area (Å²) < 4.78 is 6.60. The number of anilines is 1. The van der Waals surface area contributed by atoms with Gasteiger partial charge in [-0.2, -0.15) is 0 Å². The molecule has 0 bridgehead atoms. The van der Waals surface area contributed by atoms with Gasteiger partial charge in [0.2, 0.25) is 0 Å². The second-order valence-electron chi connectivity index (χ2n) is 6.04. The molecule has 2 aromatic carbocycles. The van der Waals surface area contributed by atoms with Gasteiger partial charge in [0.1, 0.15) is 5.58 Å². The van der Waals surface area contributed by atoms with Crippen LogP contribution in [-0.2, 0) is 0 Å². The van der Waals surface area contributed by atoms with Crippen molar-refractivity contribution in [3.63, 3.8) is 0 Å². The number of aryl methyl sites for hydroxylation is 1. The zero-order valence-electron chi connectivity index (χ0n) is 14.4. The van der Waals surface area contributed by atoms with Crippen LogP contribution in [0.1, 0.15) is 26.5 Å². The first-order valence-corrected chi connectivity index (χ1v) is 8.96. The van der Waals surface area contributed by atoms with E-state index in [1.807, 2.05) is 25.1 Å². The fourth-order valence-corrected chi connectivity index (χ4v) is 3.23. The first-order chi connectivity index (χ1) is 12.3. The molecule has 1 heterocycles. The van der Waals surface area contributed by atoms with Gasteiger partial charge in [-0.05, 0) is 43.3 Å². The molecular formula is C19H16BrClN2O3. The van der Waals surface area contributed by atoms with Gasteiger partial charge in [0.05, 0.1) is 10.6 Å². The van der Waals surface area contributed by atoms with Crippen LogP contribution in [0.25, 0.3) is 11.0 Å². The predicted molar refractivity (Wildman–Crippen MR) is 106 cm³/mol. The van der Waals surface area contributed by atoms with Crippen molar-refractivity contribution in [2.45, 2.75) is 6.92 Å². The summed E-state index contributed by atoms with van der Waals surface area (Å²) in [6.07, 6.45) is 0. The third-order valence-corrected chi connectivity index (χ3v) is 4.77. The number of nitrogens with zero attached hydrogens (tertiary/aromatic N) is 1. The lowest BCUT2D eigenvalue weighted by Crippen LogP contribution is -2.22. The Balaban J connectivity index is 1.88. The highest BCUT2D eigenvalue weighted by molar-refractivity contribution is 9.10. The van der Waals surface area contributed by atoms with Gasteiger partial charge in [0.15, 0.2) is 5.76 Å². The van der Waals surface area contributed by atoms with Crippen LogP contribution in [0.15, 0.2) is 45.3 Å². The van der Waals surface area contributed by atoms with E-state index in [0.29, 0.717) is 16.8 Å². The Kier molecular flexibility index (Phi) is 5.07. The molecule has 2 amide bonds. The van der Waals surface area contributed by atoms with Crippen molar-refractivity contribution in [3.8, 4) is 0 Å². The molecule has 5 nitrogen and oxygen atoms in total. The van der Waals surface area contributed by atoms with Crippen LogP contribution in [-0.4, -0.2) is 30.8 Å². The summed E-state index contributed by atoms with van der Waals surface area (Å²) in [4.78, 5) is 26.1. The molecule has 0 fully saturated rings. The second kappa shape index (κ2) is 7.13. The lowest BCUT2D eigenvalue weighted by Gasteiger charge is -2.12. The number of furan rings is 1. The number of nitrogens with one attached hydrogen (secondary N) is 1. The zero-order chi connectivity index (χ0) is 19.0. The summed E-state index contributed by atoms with van der Waals surface area (Å²) in [6, 6.07) is 10.3. The van der Waals surface area contributed by atoms with Crippen molar-refractivity contribution in [2.24, 2.45) is 0 Å². The molecule has 0 unspecified atom stereocenters. The fraction of sp³-hybridized carbons (Fsp3) is 0.158. The maximum absolute atomic E-state index is 12.6. The maximum atomic E-state index is 12.6. The van der Waals surface area contributed by atoms with Crippen LogP contribution >= 0.6 is 27.5 Å². The zero-order valence-corrected chi connectivity index (χ0v) is 16.7. The monoisotopic (exact) mass is 434 g/mol. The molecule has 0 saturated carbocycles. The number of carbonyl (C=O) groups is 2. The Hall–Kier alpha value is -2.31. The van der Waals surface area contributed by atoms with Crippen LogP contribution in [0.3, 0.4) is 0 Å². The van der Waals surface area contributed by atoms with Crippen LogP contribution in [0.4, 0.5) is 5.69 Å². The van der Waals surface area contributed by atoms with E-state index < -0.39 is 0 Å². The van der Waals surface area contributed by atoms with Gasteiger partial charge in [-0.1, -0.05) is 27.5 Å². The van der Waals surface area contributed by atoms with E-state index >= 15 is 0 Å². The van der Waals surface area contributed by atoms with Gasteiger partial charge in [0.25, 0.3) is 11.8 Å². The molecule has 0 spiro atoms. The molecule has 26 heavy (non-hydrogen) atoms. The number of carbonyl (C=O) groups excluding carboxylic acids is 2. The van der Waals surface area contributed by atoms with Crippen LogP contribution in [0.2, 0.25) is 5.02 Å². The van der Waals surface area contributed by atoms with Crippen molar-refractivity contribution in [1.29, 1.82) is 0 Å². The summed E-state index contributed by atoms with van der Waals surface area (Å²) in [5.74, 6) is -0.341. The lowest BCUT2D eigenvalue weighted by molar-refractivity contribution is 0.0827. The van der Waals surface area contributed by atoms with E-state index in [9.17, 15) is 9.59 Å². The van der Waals surface area contributed by atoms with E-state index in [4.69, 9.17) is 16.0 Å². The lowest BCUT2D eigenvalue weighted by atomic mass is 10.1. The number of hydrogen-bond acceptors (Lipinski definition) is 3. The van der Waals surface area contributed by atoms with E-state index in [1.54, 1.807) is 32.3 Å². The van der Waals surface area contributed by atoms with Crippen molar-refractivity contribution in [3.05, 3.63) is 62.8 Å². The summed E-state index contributed by atoms with van der Waals surface area (Å²) in [5, 5.41) is 3.90. The highest BCUT2D eigenvalue weighted by Crippen LogP contribution is 2.29. The van der Waals surface area contributed by atoms with E-state index in [0.717, 1.165) is 15.4 Å². The Morgan fingerprint density at radius 3 is 2.54 bits per heavy atom. The number of hydrogen-bond donors (Lipinski definition) is 1. The summed E-state index contributed by atoms with van der Waals surface area (Å²) in [6.45, 7) is 1.83. The normalized spacial score (nSPS) is 10.8. The largest absolute Gasteiger partial charge is 0.451 e. The molecule has 1 aromatic heterocycles. The standard InChI is InChI=1S/C19H16BrClN2O3/c1-10-14-8-11(20)4-7-16(14)26-17(10)18(24)22-12-5-6-13(15(21)9-12)19(25)23(2)3/h4-9H,1-3H3,(H,22,24). The molecule has 0 atom stereocenters. The molecule has 134 valence electrons. The van der Waals surface area contributed by atoms with Crippen molar-refractivity contribution >= 4 is 56.0 Å². The molecule has 0 saturated heterocycles.